The number of nitrogens with one attached hydrogen (secondary N) is 1. The van der Waals surface area contributed by atoms with E-state index in [1.807, 2.05) is 0 Å². The second-order valence-corrected chi connectivity index (χ2v) is 7.40. The van der Waals surface area contributed by atoms with E-state index in [0.29, 0.717) is 17.1 Å². The average molecular weight is 318 g/mol. The van der Waals surface area contributed by atoms with E-state index in [9.17, 15) is 9.90 Å². The summed E-state index contributed by atoms with van der Waals surface area (Å²) < 4.78 is 0. The molecule has 0 saturated heterocycles. The number of carboxylic acids is 1. The number of nitrogens with two attached hydrogens (primary N) is 1. The van der Waals surface area contributed by atoms with Gasteiger partial charge in [0.05, 0.1) is 10.4 Å². The van der Waals surface area contributed by atoms with Gasteiger partial charge in [0.25, 0.3) is 0 Å². The molecule has 0 bridgehead atoms. The van der Waals surface area contributed by atoms with Gasteiger partial charge in [-0.05, 0) is 30.2 Å². The normalized spacial score (nSPS) is 16.1. The predicted octanol–water partition coefficient (Wildman–Crippen LogP) is 2.70. The van der Waals surface area contributed by atoms with Gasteiger partial charge in [-0.3, -0.25) is 5.43 Å². The van der Waals surface area contributed by atoms with E-state index < -0.39 is 5.97 Å². The van der Waals surface area contributed by atoms with Crippen LogP contribution in [-0.2, 0) is 12.8 Å². The van der Waals surface area contributed by atoms with E-state index in [1.54, 1.807) is 23.7 Å². The Kier molecular flexibility index (Phi) is 3.62. The van der Waals surface area contributed by atoms with Gasteiger partial charge in [-0.25, -0.2) is 20.6 Å². The van der Waals surface area contributed by atoms with Gasteiger partial charge >= 0.3 is 5.97 Å². The number of nitrogens with zero attached hydrogens (tertiary/aromatic N) is 2. The summed E-state index contributed by atoms with van der Waals surface area (Å²) in [5.41, 5.74) is 4.61. The Balaban J connectivity index is 2.12. The Bertz CT molecular complexity index is 722. The summed E-state index contributed by atoms with van der Waals surface area (Å²) in [5, 5.41) is 9.68. The van der Waals surface area contributed by atoms with Crippen LogP contribution in [0.4, 0.5) is 5.95 Å². The summed E-state index contributed by atoms with van der Waals surface area (Å²) in [7, 11) is 0. The highest BCUT2D eigenvalue weighted by Gasteiger charge is 2.33. The van der Waals surface area contributed by atoms with Crippen LogP contribution in [0.2, 0.25) is 0 Å². The van der Waals surface area contributed by atoms with Crippen molar-refractivity contribution in [3.05, 3.63) is 28.4 Å². The van der Waals surface area contributed by atoms with Crippen molar-refractivity contribution < 1.29 is 9.90 Å². The molecule has 1 aliphatic rings. The molecule has 0 unspecified atom stereocenters. The molecule has 0 spiro atoms. The molecule has 0 atom stereocenters. The molecular weight excluding hydrogens is 300 g/mol. The van der Waals surface area contributed by atoms with Crippen molar-refractivity contribution in [1.82, 2.24) is 9.97 Å². The molecule has 22 heavy (non-hydrogen) atoms. The average Bonchev–Trinajstić information content (AvgIpc) is 2.84. The molecule has 0 aromatic carbocycles. The molecular formula is C15H18N4O2S. The Labute approximate surface area is 132 Å². The van der Waals surface area contributed by atoms with Crippen LogP contribution < -0.4 is 11.3 Å². The minimum Gasteiger partial charge on any atom is -0.478 e. The maximum absolute atomic E-state index is 11.8. The fourth-order valence-corrected chi connectivity index (χ4v) is 4.15. The molecule has 2 heterocycles. The third-order valence-electron chi connectivity index (χ3n) is 4.03. The largest absolute Gasteiger partial charge is 0.478 e. The van der Waals surface area contributed by atoms with Crippen LogP contribution in [0.15, 0.2) is 12.4 Å². The van der Waals surface area contributed by atoms with Crippen LogP contribution in [-0.4, -0.2) is 21.0 Å². The van der Waals surface area contributed by atoms with E-state index in [2.05, 4.69) is 29.2 Å². The SMILES string of the molecule is CC1(C)CCc2sc(-c3cnc(NN)nc3)c(C(=O)O)c2C1. The first-order valence-electron chi connectivity index (χ1n) is 7.08. The molecule has 0 aliphatic heterocycles. The van der Waals surface area contributed by atoms with Crippen molar-refractivity contribution >= 4 is 23.3 Å². The Morgan fingerprint density at radius 3 is 2.68 bits per heavy atom. The summed E-state index contributed by atoms with van der Waals surface area (Å²) >= 11 is 1.55. The monoisotopic (exact) mass is 318 g/mol. The second kappa shape index (κ2) is 5.33. The fourth-order valence-electron chi connectivity index (χ4n) is 2.87. The van der Waals surface area contributed by atoms with E-state index in [-0.39, 0.29) is 5.41 Å². The van der Waals surface area contributed by atoms with Crippen LogP contribution in [0, 0.1) is 5.41 Å². The van der Waals surface area contributed by atoms with Gasteiger partial charge in [0.2, 0.25) is 5.95 Å². The van der Waals surface area contributed by atoms with Gasteiger partial charge < -0.3 is 5.11 Å². The fraction of sp³-hybridized carbons (Fsp3) is 0.400. The van der Waals surface area contributed by atoms with Gasteiger partial charge in [0, 0.05) is 22.8 Å². The third kappa shape index (κ3) is 2.57. The molecule has 0 radical (unpaired) electrons. The number of aromatic nitrogens is 2. The molecule has 7 heteroatoms. The third-order valence-corrected chi connectivity index (χ3v) is 5.37. The Morgan fingerprint density at radius 1 is 1.41 bits per heavy atom. The highest BCUT2D eigenvalue weighted by atomic mass is 32.1. The summed E-state index contributed by atoms with van der Waals surface area (Å²) in [6.45, 7) is 4.37. The number of carboxylic acid groups (broad SMARTS) is 1. The Morgan fingerprint density at radius 2 is 2.09 bits per heavy atom. The molecule has 1 aliphatic carbocycles. The highest BCUT2D eigenvalue weighted by Crippen LogP contribution is 2.44. The van der Waals surface area contributed by atoms with Crippen molar-refractivity contribution in [3.8, 4) is 10.4 Å². The van der Waals surface area contributed by atoms with E-state index in [0.717, 1.165) is 29.7 Å². The van der Waals surface area contributed by atoms with Crippen LogP contribution in [0.5, 0.6) is 0 Å². The van der Waals surface area contributed by atoms with Gasteiger partial charge in [0.1, 0.15) is 0 Å². The second-order valence-electron chi connectivity index (χ2n) is 6.29. The number of thiophene rings is 1. The van der Waals surface area contributed by atoms with Crippen molar-refractivity contribution in [2.75, 3.05) is 5.43 Å². The number of hydrogen-bond acceptors (Lipinski definition) is 6. The summed E-state index contributed by atoms with van der Waals surface area (Å²) in [6, 6.07) is 0. The number of hydrogen-bond donors (Lipinski definition) is 3. The summed E-state index contributed by atoms with van der Waals surface area (Å²) in [6.07, 6.45) is 6.01. The Hall–Kier alpha value is -1.99. The molecule has 0 saturated carbocycles. The molecule has 116 valence electrons. The van der Waals surface area contributed by atoms with Gasteiger partial charge in [-0.15, -0.1) is 11.3 Å². The number of hydrazine groups is 1. The smallest absolute Gasteiger partial charge is 0.337 e. The first-order chi connectivity index (χ1) is 10.4. The lowest BCUT2D eigenvalue weighted by atomic mass is 9.76. The van der Waals surface area contributed by atoms with Gasteiger partial charge in [-0.1, -0.05) is 13.8 Å². The van der Waals surface area contributed by atoms with Gasteiger partial charge in [-0.2, -0.15) is 0 Å². The minimum atomic E-state index is -0.883. The molecule has 2 aromatic rings. The van der Waals surface area contributed by atoms with Crippen LogP contribution in [0.25, 0.3) is 10.4 Å². The first-order valence-corrected chi connectivity index (χ1v) is 7.90. The summed E-state index contributed by atoms with van der Waals surface area (Å²) in [4.78, 5) is 21.9. The molecule has 6 nitrogen and oxygen atoms in total. The molecule has 4 N–H and O–H groups in total. The summed E-state index contributed by atoms with van der Waals surface area (Å²) in [5.74, 6) is 4.68. The van der Waals surface area contributed by atoms with Crippen molar-refractivity contribution in [2.24, 2.45) is 11.3 Å². The van der Waals surface area contributed by atoms with Crippen molar-refractivity contribution in [1.29, 1.82) is 0 Å². The molecule has 0 amide bonds. The quantitative estimate of drug-likeness (QED) is 0.594. The lowest BCUT2D eigenvalue weighted by Crippen LogP contribution is -2.22. The van der Waals surface area contributed by atoms with E-state index in [1.165, 1.54) is 4.88 Å². The lowest BCUT2D eigenvalue weighted by Gasteiger charge is -2.29. The molecule has 2 aromatic heterocycles. The predicted molar refractivity (Wildman–Crippen MR) is 85.9 cm³/mol. The number of carbonyl (C=O) groups is 1. The maximum Gasteiger partial charge on any atom is 0.337 e. The first kappa shape index (κ1) is 14.9. The van der Waals surface area contributed by atoms with Crippen LogP contribution in [0.1, 0.15) is 41.1 Å². The maximum atomic E-state index is 11.8. The zero-order chi connectivity index (χ0) is 15.9. The van der Waals surface area contributed by atoms with E-state index >= 15 is 0 Å². The standard InChI is InChI=1S/C15H18N4O2S/c1-15(2)4-3-10-9(5-15)11(13(20)21)12(22-10)8-6-17-14(19-16)18-7-8/h6-7H,3-5,16H2,1-2H3,(H,20,21)(H,17,18,19). The number of aromatic carboxylic acids is 1. The van der Waals surface area contributed by atoms with Crippen molar-refractivity contribution in [3.63, 3.8) is 0 Å². The van der Waals surface area contributed by atoms with Crippen molar-refractivity contribution in [2.45, 2.75) is 33.1 Å². The minimum absolute atomic E-state index is 0.138. The van der Waals surface area contributed by atoms with Crippen LogP contribution >= 0.6 is 11.3 Å². The number of aryl methyl sites for hydroxylation is 1. The van der Waals surface area contributed by atoms with Gasteiger partial charge in [0.15, 0.2) is 0 Å². The number of nitrogen functional groups attached to an aromatic ring is 1. The zero-order valence-corrected chi connectivity index (χ0v) is 13.3. The lowest BCUT2D eigenvalue weighted by molar-refractivity contribution is 0.0696. The topological polar surface area (TPSA) is 101 Å². The van der Waals surface area contributed by atoms with E-state index in [4.69, 9.17) is 5.84 Å². The number of anilines is 1. The number of rotatable bonds is 3. The zero-order valence-electron chi connectivity index (χ0n) is 12.5. The molecule has 0 fully saturated rings. The highest BCUT2D eigenvalue weighted by molar-refractivity contribution is 7.16. The number of fused-ring (bicyclic) bond motifs is 1. The van der Waals surface area contributed by atoms with Crippen LogP contribution in [0.3, 0.4) is 0 Å². The molecule has 3 rings (SSSR count).